The maximum absolute atomic E-state index is 12.5. The van der Waals surface area contributed by atoms with E-state index in [1.807, 2.05) is 11.4 Å². The lowest BCUT2D eigenvalue weighted by Crippen LogP contribution is -2.47. The van der Waals surface area contributed by atoms with Crippen molar-refractivity contribution >= 4 is 34.8 Å². The summed E-state index contributed by atoms with van der Waals surface area (Å²) in [6.07, 6.45) is 2.14. The average molecular weight is 405 g/mol. The zero-order valence-corrected chi connectivity index (χ0v) is 16.6. The Morgan fingerprint density at radius 2 is 2.22 bits per heavy atom. The molecule has 2 aromatic rings. The van der Waals surface area contributed by atoms with Gasteiger partial charge in [-0.3, -0.25) is 9.59 Å². The maximum atomic E-state index is 12.5. The van der Waals surface area contributed by atoms with E-state index >= 15 is 0 Å². The Morgan fingerprint density at radius 3 is 2.96 bits per heavy atom. The quantitative estimate of drug-likeness (QED) is 0.848. The Hall–Kier alpha value is -2.05. The molecule has 7 heteroatoms. The van der Waals surface area contributed by atoms with Crippen molar-refractivity contribution in [3.63, 3.8) is 0 Å². The molecule has 2 amide bonds. The van der Waals surface area contributed by atoms with E-state index in [4.69, 9.17) is 16.3 Å². The van der Waals surface area contributed by atoms with E-state index in [-0.39, 0.29) is 24.0 Å². The molecule has 4 rings (SSSR count). The lowest BCUT2D eigenvalue weighted by atomic mass is 10.0. The number of likely N-dealkylation sites (tertiary alicyclic amines) is 1. The molecule has 1 aromatic carbocycles. The second-order valence-electron chi connectivity index (χ2n) is 7.02. The van der Waals surface area contributed by atoms with Gasteiger partial charge in [-0.2, -0.15) is 11.3 Å². The fourth-order valence-corrected chi connectivity index (χ4v) is 4.79. The van der Waals surface area contributed by atoms with E-state index in [0.29, 0.717) is 36.7 Å². The molecule has 1 N–H and O–H groups in total. The summed E-state index contributed by atoms with van der Waals surface area (Å²) < 4.78 is 5.97. The molecule has 27 heavy (non-hydrogen) atoms. The molecule has 1 saturated heterocycles. The van der Waals surface area contributed by atoms with Crippen molar-refractivity contribution in [1.82, 2.24) is 10.2 Å². The van der Waals surface area contributed by atoms with Gasteiger partial charge in [0.25, 0.3) is 0 Å². The summed E-state index contributed by atoms with van der Waals surface area (Å²) in [7, 11) is 0. The van der Waals surface area contributed by atoms with Crippen LogP contribution in [-0.2, 0) is 16.0 Å². The van der Waals surface area contributed by atoms with Crippen LogP contribution in [-0.4, -0.2) is 41.9 Å². The number of nitrogens with one attached hydrogen (secondary N) is 1. The minimum absolute atomic E-state index is 0.0510. The minimum atomic E-state index is -0.361. The summed E-state index contributed by atoms with van der Waals surface area (Å²) in [6.45, 7) is 2.56. The summed E-state index contributed by atoms with van der Waals surface area (Å²) >= 11 is 8.07. The number of hydrogen-bond acceptors (Lipinski definition) is 4. The molecule has 0 saturated carbocycles. The minimum Gasteiger partial charge on any atom is -0.486 e. The molecule has 2 aliphatic rings. The SMILES string of the molecule is CC(=O)N1CCC[C@H]1C(=O)NCC1Cc2cc(-c3ccsc3)cc(Cl)c2O1. The Morgan fingerprint density at radius 1 is 1.37 bits per heavy atom. The van der Waals surface area contributed by atoms with Crippen LogP contribution in [0.2, 0.25) is 5.02 Å². The molecule has 1 fully saturated rings. The van der Waals surface area contributed by atoms with E-state index in [1.165, 1.54) is 6.92 Å². The lowest BCUT2D eigenvalue weighted by molar-refractivity contribution is -0.137. The van der Waals surface area contributed by atoms with Gasteiger partial charge in [0.1, 0.15) is 17.9 Å². The van der Waals surface area contributed by atoms with Crippen LogP contribution in [0.3, 0.4) is 0 Å². The van der Waals surface area contributed by atoms with Gasteiger partial charge in [0, 0.05) is 25.5 Å². The second-order valence-corrected chi connectivity index (χ2v) is 8.21. The highest BCUT2D eigenvalue weighted by Crippen LogP contribution is 2.39. The number of carbonyl (C=O) groups excluding carboxylic acids is 2. The van der Waals surface area contributed by atoms with Crippen molar-refractivity contribution in [2.24, 2.45) is 0 Å². The second kappa shape index (κ2) is 7.52. The summed E-state index contributed by atoms with van der Waals surface area (Å²) in [5, 5.41) is 7.68. The standard InChI is InChI=1S/C20H21ClN2O3S/c1-12(24)23-5-2-3-18(23)20(25)22-10-16-8-15-7-14(13-4-6-27-11-13)9-17(21)19(15)26-16/h4,6-7,9,11,16,18H,2-3,5,8,10H2,1H3,(H,22,25)/t16?,18-/m0/s1. The number of amides is 2. The Bertz CT molecular complexity index is 868. The molecule has 0 spiro atoms. The zero-order chi connectivity index (χ0) is 19.0. The van der Waals surface area contributed by atoms with Crippen LogP contribution in [0.15, 0.2) is 29.0 Å². The third-order valence-corrected chi connectivity index (χ3v) is 6.14. The van der Waals surface area contributed by atoms with Crippen LogP contribution in [0, 0.1) is 0 Å². The van der Waals surface area contributed by atoms with Crippen molar-refractivity contribution in [2.75, 3.05) is 13.1 Å². The highest BCUT2D eigenvalue weighted by Gasteiger charge is 2.33. The normalized spacial score (nSPS) is 21.0. The van der Waals surface area contributed by atoms with Gasteiger partial charge >= 0.3 is 0 Å². The van der Waals surface area contributed by atoms with Crippen molar-refractivity contribution in [3.05, 3.63) is 39.5 Å². The third kappa shape index (κ3) is 3.69. The van der Waals surface area contributed by atoms with E-state index in [2.05, 4.69) is 22.8 Å². The van der Waals surface area contributed by atoms with Gasteiger partial charge in [-0.15, -0.1) is 0 Å². The van der Waals surface area contributed by atoms with Crippen LogP contribution in [0.1, 0.15) is 25.3 Å². The first-order valence-electron chi connectivity index (χ1n) is 9.09. The number of halogens is 1. The number of hydrogen-bond donors (Lipinski definition) is 1. The van der Waals surface area contributed by atoms with E-state index < -0.39 is 0 Å². The summed E-state index contributed by atoms with van der Waals surface area (Å²) in [4.78, 5) is 25.8. The van der Waals surface area contributed by atoms with Crippen molar-refractivity contribution < 1.29 is 14.3 Å². The van der Waals surface area contributed by atoms with Gasteiger partial charge in [0.05, 0.1) is 11.6 Å². The molecular weight excluding hydrogens is 384 g/mol. The van der Waals surface area contributed by atoms with Crippen molar-refractivity contribution in [3.8, 4) is 16.9 Å². The monoisotopic (exact) mass is 404 g/mol. The predicted molar refractivity (Wildman–Crippen MR) is 106 cm³/mol. The smallest absolute Gasteiger partial charge is 0.242 e. The number of carbonyl (C=O) groups is 2. The fraction of sp³-hybridized carbons (Fsp3) is 0.400. The van der Waals surface area contributed by atoms with E-state index in [1.54, 1.807) is 16.2 Å². The largest absolute Gasteiger partial charge is 0.486 e. The van der Waals surface area contributed by atoms with Gasteiger partial charge in [0.2, 0.25) is 11.8 Å². The molecule has 0 bridgehead atoms. The molecule has 1 unspecified atom stereocenters. The molecule has 2 aliphatic heterocycles. The number of benzene rings is 1. The fourth-order valence-electron chi connectivity index (χ4n) is 3.85. The van der Waals surface area contributed by atoms with E-state index in [9.17, 15) is 9.59 Å². The third-order valence-electron chi connectivity index (χ3n) is 5.17. The van der Waals surface area contributed by atoms with Crippen LogP contribution < -0.4 is 10.1 Å². The molecule has 142 valence electrons. The van der Waals surface area contributed by atoms with Gasteiger partial charge in [-0.05, 0) is 52.9 Å². The zero-order valence-electron chi connectivity index (χ0n) is 15.0. The Balaban J connectivity index is 1.39. The first-order chi connectivity index (χ1) is 13.0. The molecule has 0 aliphatic carbocycles. The molecular formula is C20H21ClN2O3S. The van der Waals surface area contributed by atoms with Gasteiger partial charge < -0.3 is 15.0 Å². The molecule has 1 aromatic heterocycles. The topological polar surface area (TPSA) is 58.6 Å². The number of nitrogens with zero attached hydrogens (tertiary/aromatic N) is 1. The molecule has 0 radical (unpaired) electrons. The molecule has 3 heterocycles. The summed E-state index contributed by atoms with van der Waals surface area (Å²) in [6, 6.07) is 5.74. The summed E-state index contributed by atoms with van der Waals surface area (Å²) in [5.41, 5.74) is 3.29. The highest BCUT2D eigenvalue weighted by atomic mass is 35.5. The predicted octanol–water partition coefficient (Wildman–Crippen LogP) is 3.50. The Kier molecular flexibility index (Phi) is 5.10. The van der Waals surface area contributed by atoms with Crippen LogP contribution in [0.4, 0.5) is 0 Å². The maximum Gasteiger partial charge on any atom is 0.242 e. The average Bonchev–Trinajstić information content (AvgIpc) is 3.38. The van der Waals surface area contributed by atoms with Crippen LogP contribution in [0.25, 0.3) is 11.1 Å². The van der Waals surface area contributed by atoms with Gasteiger partial charge in [-0.1, -0.05) is 11.6 Å². The van der Waals surface area contributed by atoms with Gasteiger partial charge in [-0.25, -0.2) is 0 Å². The Labute approximate surface area is 167 Å². The number of thiophene rings is 1. The van der Waals surface area contributed by atoms with Crippen molar-refractivity contribution in [2.45, 2.75) is 38.3 Å². The first-order valence-corrected chi connectivity index (χ1v) is 10.4. The number of ether oxygens (including phenoxy) is 1. The van der Waals surface area contributed by atoms with Crippen molar-refractivity contribution in [1.29, 1.82) is 0 Å². The molecule has 5 nitrogen and oxygen atoms in total. The molecule has 2 atom stereocenters. The summed E-state index contributed by atoms with van der Waals surface area (Å²) in [5.74, 6) is 0.554. The van der Waals surface area contributed by atoms with E-state index in [0.717, 1.165) is 23.1 Å². The highest BCUT2D eigenvalue weighted by molar-refractivity contribution is 7.08. The number of rotatable bonds is 4. The van der Waals surface area contributed by atoms with Gasteiger partial charge in [0.15, 0.2) is 0 Å². The lowest BCUT2D eigenvalue weighted by Gasteiger charge is -2.23. The van der Waals surface area contributed by atoms with Crippen LogP contribution in [0.5, 0.6) is 5.75 Å². The first kappa shape index (κ1) is 18.3. The van der Waals surface area contributed by atoms with Crippen LogP contribution >= 0.6 is 22.9 Å². The number of fused-ring (bicyclic) bond motifs is 1.